The largest absolute Gasteiger partial charge is 0.494 e. The lowest BCUT2D eigenvalue weighted by Crippen LogP contribution is -2.41. The standard InChI is InChI=1S/C36H36N8O3/c1-42-32-26(13-24(15-30(32)47-2)35(45)44-18-23-10-12-28(44)31(23)37)40-34(42)29-14-22-9-11-25(39-33(22)43(29)17-19-3-4-19)20-5-7-21(8-6-20)27-16-38-36(46)41-27/h5-9,11,13-16,19,23,28,31H,3-4,10,12,17-18,37H2,1-2H3,(H2,38,41,46)/t23?,28?,31-/m1/s1. The van der Waals surface area contributed by atoms with Gasteiger partial charge in [0.1, 0.15) is 16.9 Å². The van der Waals surface area contributed by atoms with Gasteiger partial charge in [0.15, 0.2) is 5.82 Å². The fourth-order valence-corrected chi connectivity index (χ4v) is 7.79. The zero-order valence-corrected chi connectivity index (χ0v) is 26.4. The first-order chi connectivity index (χ1) is 22.9. The van der Waals surface area contributed by atoms with Crippen LogP contribution in [-0.2, 0) is 13.6 Å². The first-order valence-electron chi connectivity index (χ1n) is 16.4. The number of likely N-dealkylation sites (tertiary alicyclic amines) is 1. The normalized spacial score (nSPS) is 20.6. The molecule has 2 unspecified atom stereocenters. The number of aromatic nitrogens is 6. The predicted octanol–water partition coefficient (Wildman–Crippen LogP) is 4.92. The molecule has 2 aromatic carbocycles. The van der Waals surface area contributed by atoms with Crippen LogP contribution in [0.4, 0.5) is 0 Å². The highest BCUT2D eigenvalue weighted by Crippen LogP contribution is 2.40. The van der Waals surface area contributed by atoms with Crippen molar-refractivity contribution in [3.63, 3.8) is 0 Å². The number of pyridine rings is 1. The van der Waals surface area contributed by atoms with Crippen molar-refractivity contribution >= 4 is 28.0 Å². The van der Waals surface area contributed by atoms with E-state index in [1.165, 1.54) is 12.8 Å². The molecule has 2 aliphatic carbocycles. The number of nitrogens with one attached hydrogen (secondary N) is 2. The zero-order chi connectivity index (χ0) is 32.0. The molecular formula is C36H36N8O3. The predicted molar refractivity (Wildman–Crippen MR) is 180 cm³/mol. The van der Waals surface area contributed by atoms with E-state index in [0.29, 0.717) is 29.7 Å². The summed E-state index contributed by atoms with van der Waals surface area (Å²) in [4.78, 5) is 43.1. The lowest BCUT2D eigenvalue weighted by Gasteiger charge is -2.27. The van der Waals surface area contributed by atoms with Crippen molar-refractivity contribution in [3.05, 3.63) is 76.8 Å². The second-order valence-corrected chi connectivity index (χ2v) is 13.4. The van der Waals surface area contributed by atoms with E-state index in [-0.39, 0.29) is 23.7 Å². The van der Waals surface area contributed by atoms with Gasteiger partial charge < -0.3 is 34.5 Å². The van der Waals surface area contributed by atoms with Gasteiger partial charge in [-0.1, -0.05) is 24.3 Å². The van der Waals surface area contributed by atoms with Crippen LogP contribution in [0.25, 0.3) is 56.1 Å². The summed E-state index contributed by atoms with van der Waals surface area (Å²) in [6, 6.07) is 18.3. The van der Waals surface area contributed by atoms with Crippen molar-refractivity contribution < 1.29 is 9.53 Å². The number of methoxy groups -OCH3 is 1. The van der Waals surface area contributed by atoms with Crippen molar-refractivity contribution in [3.8, 4) is 39.8 Å². The molecule has 238 valence electrons. The molecule has 1 saturated heterocycles. The molecule has 5 heterocycles. The number of imidazole rings is 2. The maximum absolute atomic E-state index is 13.7. The third-order valence-corrected chi connectivity index (χ3v) is 10.5. The van der Waals surface area contributed by atoms with E-state index in [9.17, 15) is 9.59 Å². The molecule has 3 aliphatic rings. The average Bonchev–Trinajstić information content (AvgIpc) is 3.34. The number of piperidine rings is 1. The second kappa shape index (κ2) is 10.4. The molecule has 11 nitrogen and oxygen atoms in total. The van der Waals surface area contributed by atoms with E-state index in [1.807, 2.05) is 54.4 Å². The van der Waals surface area contributed by atoms with Crippen LogP contribution in [0.2, 0.25) is 0 Å². The number of H-pyrrole nitrogens is 2. The van der Waals surface area contributed by atoms with Crippen molar-refractivity contribution in [1.29, 1.82) is 0 Å². The van der Waals surface area contributed by atoms with Crippen molar-refractivity contribution in [2.24, 2.45) is 24.6 Å². The lowest BCUT2D eigenvalue weighted by molar-refractivity contribution is 0.0700. The number of carbonyl (C=O) groups excluding carboxylic acids is 1. The quantitative estimate of drug-likeness (QED) is 0.229. The molecule has 2 bridgehead atoms. The Kier molecular flexibility index (Phi) is 6.23. The minimum Gasteiger partial charge on any atom is -0.494 e. The van der Waals surface area contributed by atoms with Gasteiger partial charge >= 0.3 is 5.69 Å². The zero-order valence-electron chi connectivity index (χ0n) is 26.4. The number of nitrogens with two attached hydrogens (primary N) is 1. The monoisotopic (exact) mass is 628 g/mol. The Morgan fingerprint density at radius 1 is 1.02 bits per heavy atom. The van der Waals surface area contributed by atoms with Crippen molar-refractivity contribution in [2.75, 3.05) is 13.7 Å². The van der Waals surface area contributed by atoms with Crippen LogP contribution in [0.15, 0.2) is 65.6 Å². The summed E-state index contributed by atoms with van der Waals surface area (Å²) in [5.41, 5.74) is 13.8. The van der Waals surface area contributed by atoms with Gasteiger partial charge in [0.25, 0.3) is 5.91 Å². The van der Waals surface area contributed by atoms with Gasteiger partial charge in [-0.05, 0) is 73.4 Å². The molecule has 0 spiro atoms. The number of nitrogens with zero attached hydrogens (tertiary/aromatic N) is 5. The van der Waals surface area contributed by atoms with Gasteiger partial charge in [0.2, 0.25) is 0 Å². The summed E-state index contributed by atoms with van der Waals surface area (Å²) < 4.78 is 10.2. The van der Waals surface area contributed by atoms with Crippen LogP contribution in [0.5, 0.6) is 5.75 Å². The molecule has 47 heavy (non-hydrogen) atoms. The molecule has 4 aromatic heterocycles. The van der Waals surface area contributed by atoms with Crippen molar-refractivity contribution in [2.45, 2.75) is 44.3 Å². The minimum atomic E-state index is -0.227. The smallest absolute Gasteiger partial charge is 0.323 e. The van der Waals surface area contributed by atoms with Gasteiger partial charge in [0.05, 0.1) is 29.7 Å². The maximum atomic E-state index is 13.7. The Morgan fingerprint density at radius 2 is 1.83 bits per heavy atom. The number of aromatic amines is 2. The van der Waals surface area contributed by atoms with E-state index in [4.69, 9.17) is 20.4 Å². The van der Waals surface area contributed by atoms with Gasteiger partial charge in [0, 0.05) is 54.9 Å². The highest BCUT2D eigenvalue weighted by Gasteiger charge is 2.47. The summed E-state index contributed by atoms with van der Waals surface area (Å²) in [6.45, 7) is 1.57. The third kappa shape index (κ3) is 4.51. The molecule has 4 N–H and O–H groups in total. The highest BCUT2D eigenvalue weighted by molar-refractivity contribution is 6.00. The summed E-state index contributed by atoms with van der Waals surface area (Å²) in [6.07, 6.45) is 6.13. The van der Waals surface area contributed by atoms with Gasteiger partial charge in [-0.2, -0.15) is 0 Å². The Bertz CT molecular complexity index is 2250. The number of benzene rings is 2. The number of ether oxygens (including phenoxy) is 1. The first kappa shape index (κ1) is 28.1. The van der Waals surface area contributed by atoms with Crippen LogP contribution in [0.3, 0.4) is 0 Å². The number of hydrogen-bond donors (Lipinski definition) is 3. The van der Waals surface area contributed by atoms with Crippen LogP contribution in [0, 0.1) is 11.8 Å². The molecular weight excluding hydrogens is 592 g/mol. The van der Waals surface area contributed by atoms with E-state index in [0.717, 1.165) is 75.5 Å². The van der Waals surface area contributed by atoms with Gasteiger partial charge in [-0.3, -0.25) is 4.79 Å². The molecule has 9 rings (SSSR count). The molecule has 3 atom stereocenters. The van der Waals surface area contributed by atoms with Gasteiger partial charge in [-0.15, -0.1) is 0 Å². The third-order valence-electron chi connectivity index (χ3n) is 10.5. The number of hydrogen-bond acceptors (Lipinski definition) is 6. The Labute approximate surface area is 270 Å². The minimum absolute atomic E-state index is 0.00551. The summed E-state index contributed by atoms with van der Waals surface area (Å²) in [5.74, 6) is 2.41. The topological polar surface area (TPSA) is 140 Å². The highest BCUT2D eigenvalue weighted by atomic mass is 16.5. The fraction of sp³-hybridized carbons (Fsp3) is 0.333. The van der Waals surface area contributed by atoms with Crippen LogP contribution in [0.1, 0.15) is 36.0 Å². The van der Waals surface area contributed by atoms with Gasteiger partial charge in [-0.25, -0.2) is 14.8 Å². The summed E-state index contributed by atoms with van der Waals surface area (Å²) in [7, 11) is 3.65. The Morgan fingerprint density at radius 3 is 2.51 bits per heavy atom. The summed E-state index contributed by atoms with van der Waals surface area (Å²) >= 11 is 0. The van der Waals surface area contributed by atoms with Crippen LogP contribution < -0.4 is 16.2 Å². The molecule has 0 radical (unpaired) electrons. The molecule has 1 aliphatic heterocycles. The molecule has 2 saturated carbocycles. The number of aryl methyl sites for hydroxylation is 1. The second-order valence-electron chi connectivity index (χ2n) is 13.4. The number of carbonyl (C=O) groups is 1. The van der Waals surface area contributed by atoms with E-state index >= 15 is 0 Å². The summed E-state index contributed by atoms with van der Waals surface area (Å²) in [5, 5.41) is 1.04. The lowest BCUT2D eigenvalue weighted by atomic mass is 10.1. The maximum Gasteiger partial charge on any atom is 0.323 e. The number of rotatable bonds is 7. The average molecular weight is 629 g/mol. The van der Waals surface area contributed by atoms with Crippen LogP contribution >= 0.6 is 0 Å². The van der Waals surface area contributed by atoms with E-state index < -0.39 is 0 Å². The van der Waals surface area contributed by atoms with Crippen LogP contribution in [-0.4, -0.2) is 65.6 Å². The molecule has 6 aromatic rings. The van der Waals surface area contributed by atoms with E-state index in [2.05, 4.69) is 31.2 Å². The molecule has 11 heteroatoms. The number of amides is 1. The SMILES string of the molecule is COc1cc(C(=O)N2CC3CCC2[C@@H]3N)cc2nc(-c3cc4ccc(-c5ccc(-c6c[nH]c(=O)[nH]6)cc5)nc4n3CC3CC3)n(C)c12. The fourth-order valence-electron chi connectivity index (χ4n) is 7.79. The Balaban J connectivity index is 1.12. The Hall–Kier alpha value is -5.16. The first-order valence-corrected chi connectivity index (χ1v) is 16.4. The molecule has 3 fully saturated rings. The van der Waals surface area contributed by atoms with E-state index in [1.54, 1.807) is 13.3 Å². The molecule has 1 amide bonds. The number of fused-ring (bicyclic) bond motifs is 4. The van der Waals surface area contributed by atoms with Crippen molar-refractivity contribution in [1.82, 2.24) is 34.0 Å².